The van der Waals surface area contributed by atoms with E-state index in [2.05, 4.69) is 0 Å². The van der Waals surface area contributed by atoms with Gasteiger partial charge in [-0.25, -0.2) is 12.8 Å². The van der Waals surface area contributed by atoms with E-state index >= 15 is 0 Å². The fraction of sp³-hybridized carbons (Fsp3) is 0.211. The molecule has 2 aromatic carbocycles. The first-order valence-corrected chi connectivity index (χ1v) is 10.7. The number of carbonyl (C=O) groups excluding carboxylic acids is 1. The Labute approximate surface area is 177 Å². The lowest BCUT2D eigenvalue weighted by atomic mass is 10.2. The van der Waals surface area contributed by atoms with Gasteiger partial charge in [-0.05, 0) is 29.8 Å². The van der Waals surface area contributed by atoms with Crippen LogP contribution >= 0.6 is 11.6 Å². The first kappa shape index (κ1) is 21.9. The predicted molar refractivity (Wildman–Crippen MR) is 109 cm³/mol. The number of piperazine rings is 1. The molecule has 2 aromatic rings. The van der Waals surface area contributed by atoms with Crippen LogP contribution in [0.1, 0.15) is 5.56 Å². The third kappa shape index (κ3) is 4.84. The van der Waals surface area contributed by atoms with Crippen LogP contribution in [0.3, 0.4) is 0 Å². The SMILES string of the molecule is O=C(/C=C/c1cccc([N+](=O)[O-])c1)N1CCN(S(=O)(=O)c2ccc(F)c(Cl)c2)CC1. The third-order valence-corrected chi connectivity index (χ3v) is 6.76. The molecule has 30 heavy (non-hydrogen) atoms. The fourth-order valence-electron chi connectivity index (χ4n) is 2.95. The molecule has 1 amide bonds. The van der Waals surface area contributed by atoms with Crippen molar-refractivity contribution in [1.29, 1.82) is 0 Å². The number of carbonyl (C=O) groups is 1. The van der Waals surface area contributed by atoms with Crippen LogP contribution < -0.4 is 0 Å². The van der Waals surface area contributed by atoms with E-state index in [1.807, 2.05) is 0 Å². The first-order valence-electron chi connectivity index (χ1n) is 8.85. The van der Waals surface area contributed by atoms with Crippen molar-refractivity contribution in [1.82, 2.24) is 9.21 Å². The van der Waals surface area contributed by atoms with Crippen LogP contribution in [0.25, 0.3) is 6.08 Å². The van der Waals surface area contributed by atoms with Crippen molar-refractivity contribution >= 4 is 39.3 Å². The zero-order valence-electron chi connectivity index (χ0n) is 15.6. The molecule has 1 saturated heterocycles. The van der Waals surface area contributed by atoms with Crippen LogP contribution in [0, 0.1) is 15.9 Å². The number of non-ortho nitro benzene ring substituents is 1. The van der Waals surface area contributed by atoms with E-state index < -0.39 is 20.8 Å². The van der Waals surface area contributed by atoms with Gasteiger partial charge in [0.15, 0.2) is 0 Å². The molecule has 0 spiro atoms. The summed E-state index contributed by atoms with van der Waals surface area (Å²) in [5.74, 6) is -1.04. The molecule has 1 aliphatic heterocycles. The average Bonchev–Trinajstić information content (AvgIpc) is 2.74. The maximum absolute atomic E-state index is 13.3. The highest BCUT2D eigenvalue weighted by molar-refractivity contribution is 7.89. The average molecular weight is 454 g/mol. The van der Waals surface area contributed by atoms with Crippen molar-refractivity contribution in [3.8, 4) is 0 Å². The van der Waals surface area contributed by atoms with Crippen LogP contribution in [0.5, 0.6) is 0 Å². The number of nitro benzene ring substituents is 1. The smallest absolute Gasteiger partial charge is 0.270 e. The maximum Gasteiger partial charge on any atom is 0.270 e. The number of sulfonamides is 1. The fourth-order valence-corrected chi connectivity index (χ4v) is 4.64. The Bertz CT molecular complexity index is 1110. The Morgan fingerprint density at radius 1 is 1.13 bits per heavy atom. The Morgan fingerprint density at radius 3 is 2.47 bits per heavy atom. The summed E-state index contributed by atoms with van der Waals surface area (Å²) in [4.78, 5) is 24.0. The van der Waals surface area contributed by atoms with Gasteiger partial charge in [0.05, 0.1) is 14.8 Å². The molecule has 3 rings (SSSR count). The van der Waals surface area contributed by atoms with Gasteiger partial charge in [0, 0.05) is 44.4 Å². The van der Waals surface area contributed by atoms with Gasteiger partial charge in [-0.2, -0.15) is 4.31 Å². The summed E-state index contributed by atoms with van der Waals surface area (Å²) >= 11 is 5.68. The van der Waals surface area contributed by atoms with Crippen molar-refractivity contribution < 1.29 is 22.5 Å². The number of hydrogen-bond acceptors (Lipinski definition) is 5. The number of halogens is 2. The molecular formula is C19H17ClFN3O5S. The molecule has 0 unspecified atom stereocenters. The van der Waals surface area contributed by atoms with E-state index in [-0.39, 0.29) is 47.7 Å². The zero-order valence-corrected chi connectivity index (χ0v) is 17.1. The second kappa shape index (κ2) is 8.90. The van der Waals surface area contributed by atoms with Gasteiger partial charge in [0.2, 0.25) is 15.9 Å². The highest BCUT2D eigenvalue weighted by atomic mass is 35.5. The van der Waals surface area contributed by atoms with Crippen molar-refractivity contribution in [2.75, 3.05) is 26.2 Å². The first-order chi connectivity index (χ1) is 14.2. The van der Waals surface area contributed by atoms with Crippen LogP contribution in [0.4, 0.5) is 10.1 Å². The second-order valence-corrected chi connectivity index (χ2v) is 8.84. The molecular weight excluding hydrogens is 437 g/mol. The Balaban J connectivity index is 1.63. The molecule has 158 valence electrons. The molecule has 0 aliphatic carbocycles. The van der Waals surface area contributed by atoms with E-state index in [0.717, 1.165) is 18.2 Å². The molecule has 1 heterocycles. The molecule has 11 heteroatoms. The van der Waals surface area contributed by atoms with Gasteiger partial charge in [-0.3, -0.25) is 14.9 Å². The summed E-state index contributed by atoms with van der Waals surface area (Å²) in [7, 11) is -3.86. The van der Waals surface area contributed by atoms with Crippen molar-refractivity contribution in [2.24, 2.45) is 0 Å². The Morgan fingerprint density at radius 2 is 1.83 bits per heavy atom. The minimum atomic E-state index is -3.86. The summed E-state index contributed by atoms with van der Waals surface area (Å²) in [5, 5.41) is 10.5. The lowest BCUT2D eigenvalue weighted by molar-refractivity contribution is -0.384. The number of rotatable bonds is 5. The second-order valence-electron chi connectivity index (χ2n) is 6.49. The normalized spacial score (nSPS) is 15.5. The van der Waals surface area contributed by atoms with Gasteiger partial charge in [-0.15, -0.1) is 0 Å². The van der Waals surface area contributed by atoms with Crippen LogP contribution in [0.2, 0.25) is 5.02 Å². The standard InChI is InChI=1S/C19H17ClFN3O5S/c20-17-13-16(5-6-18(17)21)30(28,29)23-10-8-22(9-11-23)19(25)7-4-14-2-1-3-15(12-14)24(26)27/h1-7,12-13H,8-11H2/b7-4+. The molecule has 0 radical (unpaired) electrons. The summed E-state index contributed by atoms with van der Waals surface area (Å²) in [6.07, 6.45) is 2.77. The topological polar surface area (TPSA) is 101 Å². The van der Waals surface area contributed by atoms with E-state index in [4.69, 9.17) is 11.6 Å². The number of benzene rings is 2. The maximum atomic E-state index is 13.3. The van der Waals surface area contributed by atoms with Gasteiger partial charge < -0.3 is 4.90 Å². The summed E-state index contributed by atoms with van der Waals surface area (Å²) in [5.41, 5.74) is 0.427. The van der Waals surface area contributed by atoms with Gasteiger partial charge in [-0.1, -0.05) is 23.7 Å². The number of nitro groups is 1. The van der Waals surface area contributed by atoms with Gasteiger partial charge in [0.1, 0.15) is 5.82 Å². The minimum Gasteiger partial charge on any atom is -0.337 e. The van der Waals surface area contributed by atoms with Gasteiger partial charge >= 0.3 is 0 Å². The lowest BCUT2D eigenvalue weighted by Gasteiger charge is -2.33. The largest absolute Gasteiger partial charge is 0.337 e. The molecule has 0 aromatic heterocycles. The highest BCUT2D eigenvalue weighted by Gasteiger charge is 2.30. The molecule has 0 N–H and O–H groups in total. The van der Waals surface area contributed by atoms with Gasteiger partial charge in [0.25, 0.3) is 5.69 Å². The Hall–Kier alpha value is -2.82. The molecule has 0 saturated carbocycles. The number of nitrogens with zero attached hydrogens (tertiary/aromatic N) is 3. The Kier molecular flexibility index (Phi) is 6.49. The highest BCUT2D eigenvalue weighted by Crippen LogP contribution is 2.23. The van der Waals surface area contributed by atoms with E-state index in [9.17, 15) is 27.7 Å². The van der Waals surface area contributed by atoms with Crippen molar-refractivity contribution in [2.45, 2.75) is 4.90 Å². The van der Waals surface area contributed by atoms with Crippen molar-refractivity contribution in [3.05, 3.63) is 75.1 Å². The predicted octanol–water partition coefficient (Wildman–Crippen LogP) is 2.93. The van der Waals surface area contributed by atoms with Crippen LogP contribution in [0.15, 0.2) is 53.4 Å². The van der Waals surface area contributed by atoms with Crippen LogP contribution in [-0.2, 0) is 14.8 Å². The summed E-state index contributed by atoms with van der Waals surface area (Å²) in [6.45, 7) is 0.500. The lowest BCUT2D eigenvalue weighted by Crippen LogP contribution is -2.50. The molecule has 0 bridgehead atoms. The summed E-state index contributed by atoms with van der Waals surface area (Å²) in [6, 6.07) is 9.06. The number of hydrogen-bond donors (Lipinski definition) is 0. The molecule has 1 fully saturated rings. The third-order valence-electron chi connectivity index (χ3n) is 4.58. The number of amides is 1. The quantitative estimate of drug-likeness (QED) is 0.393. The molecule has 8 nitrogen and oxygen atoms in total. The zero-order chi connectivity index (χ0) is 21.9. The molecule has 1 aliphatic rings. The van der Waals surface area contributed by atoms with Crippen molar-refractivity contribution in [3.63, 3.8) is 0 Å². The summed E-state index contributed by atoms with van der Waals surface area (Å²) < 4.78 is 39.9. The van der Waals surface area contributed by atoms with E-state index in [1.54, 1.807) is 6.07 Å². The monoisotopic (exact) mass is 453 g/mol. The van der Waals surface area contributed by atoms with E-state index in [0.29, 0.717) is 5.56 Å². The van der Waals surface area contributed by atoms with E-state index in [1.165, 1.54) is 39.6 Å². The van der Waals surface area contributed by atoms with Crippen LogP contribution in [-0.4, -0.2) is 54.6 Å². The molecule has 0 atom stereocenters. The minimum absolute atomic E-state index is 0.0771.